The lowest BCUT2D eigenvalue weighted by atomic mass is 10.0. The summed E-state index contributed by atoms with van der Waals surface area (Å²) >= 11 is 0. The molecule has 1 saturated heterocycles. The van der Waals surface area contributed by atoms with Gasteiger partial charge < -0.3 is 10.2 Å². The van der Waals surface area contributed by atoms with Gasteiger partial charge in [-0.05, 0) is 25.5 Å². The van der Waals surface area contributed by atoms with Crippen LogP contribution in [-0.2, 0) is 11.3 Å². The maximum atomic E-state index is 13.5. The summed E-state index contributed by atoms with van der Waals surface area (Å²) in [4.78, 5) is 13.8. The van der Waals surface area contributed by atoms with Crippen LogP contribution in [0.4, 0.5) is 4.39 Å². The van der Waals surface area contributed by atoms with Gasteiger partial charge in [0.25, 0.3) is 0 Å². The molecular weight excluding hydrogens is 267 g/mol. The molecular formula is C14H20ClFN2O. The maximum Gasteiger partial charge on any atom is 0.239 e. The average Bonchev–Trinajstić information content (AvgIpc) is 2.41. The standard InChI is InChI=1S/C14H19FN2O.ClH/c1-17(10-11-6-2-3-7-12(11)15)14(18)13-8-4-5-9-16-13;/h2-3,6-7,13,16H,4-5,8-10H2,1H3;1H. The van der Waals surface area contributed by atoms with Crippen LogP contribution in [0.5, 0.6) is 0 Å². The van der Waals surface area contributed by atoms with Crippen LogP contribution in [0.1, 0.15) is 24.8 Å². The molecule has 0 spiro atoms. The van der Waals surface area contributed by atoms with E-state index in [0.29, 0.717) is 12.1 Å². The number of hydrogen-bond donors (Lipinski definition) is 1. The van der Waals surface area contributed by atoms with Crippen LogP contribution in [-0.4, -0.2) is 30.4 Å². The first-order chi connectivity index (χ1) is 8.68. The number of nitrogens with one attached hydrogen (secondary N) is 1. The predicted octanol–water partition coefficient (Wildman–Crippen LogP) is 2.35. The number of rotatable bonds is 3. The molecule has 0 aromatic heterocycles. The van der Waals surface area contributed by atoms with E-state index in [1.807, 2.05) is 0 Å². The van der Waals surface area contributed by atoms with E-state index in [9.17, 15) is 9.18 Å². The highest BCUT2D eigenvalue weighted by Crippen LogP contribution is 2.13. The van der Waals surface area contributed by atoms with Crippen molar-refractivity contribution in [3.8, 4) is 0 Å². The number of piperidine rings is 1. The molecule has 1 atom stereocenters. The molecule has 0 aliphatic carbocycles. The van der Waals surface area contributed by atoms with Crippen molar-refractivity contribution >= 4 is 18.3 Å². The van der Waals surface area contributed by atoms with Crippen LogP contribution in [0.3, 0.4) is 0 Å². The van der Waals surface area contributed by atoms with Gasteiger partial charge in [0.15, 0.2) is 0 Å². The zero-order valence-corrected chi connectivity index (χ0v) is 11.9. The van der Waals surface area contributed by atoms with E-state index in [1.54, 1.807) is 30.1 Å². The highest BCUT2D eigenvalue weighted by molar-refractivity contribution is 5.85. The summed E-state index contributed by atoms with van der Waals surface area (Å²) in [7, 11) is 1.73. The Morgan fingerprint density at radius 2 is 2.16 bits per heavy atom. The summed E-state index contributed by atoms with van der Waals surface area (Å²) in [6.07, 6.45) is 3.08. The average molecular weight is 287 g/mol. The second kappa shape index (κ2) is 7.46. The number of benzene rings is 1. The van der Waals surface area contributed by atoms with Gasteiger partial charge in [0, 0.05) is 19.2 Å². The molecule has 1 fully saturated rings. The van der Waals surface area contributed by atoms with Crippen molar-refractivity contribution in [2.75, 3.05) is 13.6 Å². The van der Waals surface area contributed by atoms with Crippen LogP contribution < -0.4 is 5.32 Å². The minimum atomic E-state index is -0.256. The van der Waals surface area contributed by atoms with Gasteiger partial charge >= 0.3 is 0 Å². The number of carbonyl (C=O) groups is 1. The number of nitrogens with zero attached hydrogens (tertiary/aromatic N) is 1. The molecule has 1 N–H and O–H groups in total. The van der Waals surface area contributed by atoms with Gasteiger partial charge in [-0.15, -0.1) is 12.4 Å². The third kappa shape index (κ3) is 4.18. The number of carbonyl (C=O) groups excluding carboxylic acids is 1. The summed E-state index contributed by atoms with van der Waals surface area (Å²) in [6, 6.07) is 6.48. The van der Waals surface area contributed by atoms with Crippen molar-refractivity contribution in [1.29, 1.82) is 0 Å². The Morgan fingerprint density at radius 1 is 1.42 bits per heavy atom. The molecule has 5 heteroatoms. The van der Waals surface area contributed by atoms with Crippen molar-refractivity contribution in [3.05, 3.63) is 35.6 Å². The first-order valence-corrected chi connectivity index (χ1v) is 6.40. The van der Waals surface area contributed by atoms with Crippen molar-refractivity contribution in [3.63, 3.8) is 0 Å². The van der Waals surface area contributed by atoms with Crippen LogP contribution in [0.2, 0.25) is 0 Å². The molecule has 3 nitrogen and oxygen atoms in total. The number of amides is 1. The Hall–Kier alpha value is -1.13. The molecule has 1 unspecified atom stereocenters. The molecule has 106 valence electrons. The summed E-state index contributed by atoms with van der Waals surface area (Å²) in [5.74, 6) is -0.202. The lowest BCUT2D eigenvalue weighted by Gasteiger charge is -2.27. The Bertz CT molecular complexity index is 422. The molecule has 19 heavy (non-hydrogen) atoms. The quantitative estimate of drug-likeness (QED) is 0.925. The van der Waals surface area contributed by atoms with Gasteiger partial charge in [-0.25, -0.2) is 4.39 Å². The van der Waals surface area contributed by atoms with E-state index in [-0.39, 0.29) is 30.2 Å². The first-order valence-electron chi connectivity index (χ1n) is 6.40. The monoisotopic (exact) mass is 286 g/mol. The molecule has 2 rings (SSSR count). The van der Waals surface area contributed by atoms with Gasteiger partial charge in [-0.3, -0.25) is 4.79 Å². The van der Waals surface area contributed by atoms with E-state index in [2.05, 4.69) is 5.32 Å². The summed E-state index contributed by atoms with van der Waals surface area (Å²) in [5.41, 5.74) is 0.559. The SMILES string of the molecule is CN(Cc1ccccc1F)C(=O)C1CCCCN1.Cl. The van der Waals surface area contributed by atoms with Gasteiger partial charge in [0.05, 0.1) is 6.04 Å². The number of hydrogen-bond acceptors (Lipinski definition) is 2. The first kappa shape index (κ1) is 15.9. The molecule has 1 aliphatic heterocycles. The minimum Gasteiger partial charge on any atom is -0.340 e. The highest BCUT2D eigenvalue weighted by Gasteiger charge is 2.23. The van der Waals surface area contributed by atoms with Crippen LogP contribution in [0.15, 0.2) is 24.3 Å². The second-order valence-electron chi connectivity index (χ2n) is 4.79. The van der Waals surface area contributed by atoms with Gasteiger partial charge in [-0.1, -0.05) is 24.6 Å². The Kier molecular flexibility index (Phi) is 6.25. The molecule has 1 aromatic carbocycles. The maximum absolute atomic E-state index is 13.5. The van der Waals surface area contributed by atoms with Crippen LogP contribution in [0, 0.1) is 5.82 Å². The zero-order chi connectivity index (χ0) is 13.0. The van der Waals surface area contributed by atoms with E-state index < -0.39 is 0 Å². The molecule has 0 saturated carbocycles. The fraction of sp³-hybridized carbons (Fsp3) is 0.500. The Balaban J connectivity index is 0.00000180. The second-order valence-corrected chi connectivity index (χ2v) is 4.79. The van der Waals surface area contributed by atoms with E-state index in [0.717, 1.165) is 25.8 Å². The number of likely N-dealkylation sites (N-methyl/N-ethyl adjacent to an activating group) is 1. The van der Waals surface area contributed by atoms with Crippen molar-refractivity contribution < 1.29 is 9.18 Å². The van der Waals surface area contributed by atoms with Gasteiger partial charge in [-0.2, -0.15) is 0 Å². The van der Waals surface area contributed by atoms with Crippen LogP contribution in [0.25, 0.3) is 0 Å². The van der Waals surface area contributed by atoms with Gasteiger partial charge in [0.1, 0.15) is 5.82 Å². The van der Waals surface area contributed by atoms with Crippen molar-refractivity contribution in [2.45, 2.75) is 31.8 Å². The summed E-state index contributed by atoms with van der Waals surface area (Å²) in [5, 5.41) is 3.22. The lowest BCUT2D eigenvalue weighted by Crippen LogP contribution is -2.47. The largest absolute Gasteiger partial charge is 0.340 e. The highest BCUT2D eigenvalue weighted by atomic mass is 35.5. The van der Waals surface area contributed by atoms with E-state index in [1.165, 1.54) is 6.07 Å². The third-order valence-electron chi connectivity index (χ3n) is 3.35. The molecule has 1 heterocycles. The molecule has 1 amide bonds. The Morgan fingerprint density at radius 3 is 2.79 bits per heavy atom. The van der Waals surface area contributed by atoms with Crippen molar-refractivity contribution in [1.82, 2.24) is 10.2 Å². The Labute approximate surface area is 119 Å². The molecule has 0 radical (unpaired) electrons. The molecule has 0 bridgehead atoms. The molecule has 1 aromatic rings. The molecule has 1 aliphatic rings. The fourth-order valence-corrected chi connectivity index (χ4v) is 2.29. The topological polar surface area (TPSA) is 32.3 Å². The normalized spacial score (nSPS) is 18.5. The lowest BCUT2D eigenvalue weighted by molar-refractivity contribution is -0.133. The third-order valence-corrected chi connectivity index (χ3v) is 3.35. The number of halogens is 2. The van der Waals surface area contributed by atoms with Crippen LogP contribution >= 0.6 is 12.4 Å². The zero-order valence-electron chi connectivity index (χ0n) is 11.1. The van der Waals surface area contributed by atoms with Gasteiger partial charge in [0.2, 0.25) is 5.91 Å². The van der Waals surface area contributed by atoms with E-state index in [4.69, 9.17) is 0 Å². The fourth-order valence-electron chi connectivity index (χ4n) is 2.29. The smallest absolute Gasteiger partial charge is 0.239 e. The summed E-state index contributed by atoms with van der Waals surface area (Å²) < 4.78 is 13.5. The predicted molar refractivity (Wildman–Crippen MR) is 75.8 cm³/mol. The van der Waals surface area contributed by atoms with E-state index >= 15 is 0 Å². The minimum absolute atomic E-state index is 0. The van der Waals surface area contributed by atoms with Crippen molar-refractivity contribution in [2.24, 2.45) is 0 Å². The summed E-state index contributed by atoms with van der Waals surface area (Å²) in [6.45, 7) is 1.22.